The predicted molar refractivity (Wildman–Crippen MR) is 82.8 cm³/mol. The molecule has 1 aliphatic carbocycles. The molecule has 0 bridgehead atoms. The van der Waals surface area contributed by atoms with E-state index in [0.29, 0.717) is 5.92 Å². The Morgan fingerprint density at radius 1 is 1.37 bits per heavy atom. The maximum absolute atomic E-state index is 3.67. The molecule has 1 aromatic heterocycles. The summed E-state index contributed by atoms with van der Waals surface area (Å²) >= 11 is 0. The second-order valence-electron chi connectivity index (χ2n) is 6.18. The summed E-state index contributed by atoms with van der Waals surface area (Å²) in [5.41, 5.74) is 7.18. The molecule has 1 heteroatoms. The fourth-order valence-corrected chi connectivity index (χ4v) is 3.19. The highest BCUT2D eigenvalue weighted by molar-refractivity contribution is 5.85. The second kappa shape index (κ2) is 4.88. The van der Waals surface area contributed by atoms with Crippen LogP contribution in [0.4, 0.5) is 0 Å². The lowest BCUT2D eigenvalue weighted by Gasteiger charge is -2.18. The minimum atomic E-state index is 0.692. The Balaban J connectivity index is 2.02. The van der Waals surface area contributed by atoms with E-state index in [1.54, 1.807) is 5.56 Å². The first-order valence-electron chi connectivity index (χ1n) is 7.42. The van der Waals surface area contributed by atoms with Gasteiger partial charge in [0.25, 0.3) is 0 Å². The average Bonchev–Trinajstić information content (AvgIpc) is 2.76. The molecule has 0 spiro atoms. The van der Waals surface area contributed by atoms with Gasteiger partial charge in [0, 0.05) is 16.6 Å². The van der Waals surface area contributed by atoms with Crippen LogP contribution in [0.25, 0.3) is 10.9 Å². The topological polar surface area (TPSA) is 15.8 Å². The van der Waals surface area contributed by atoms with Gasteiger partial charge in [-0.15, -0.1) is 0 Å². The van der Waals surface area contributed by atoms with E-state index >= 15 is 0 Å². The monoisotopic (exact) mass is 253 g/mol. The molecular weight excluding hydrogens is 230 g/mol. The number of hydrogen-bond acceptors (Lipinski definition) is 0. The van der Waals surface area contributed by atoms with Crippen LogP contribution in [-0.2, 0) is 12.8 Å². The van der Waals surface area contributed by atoms with Gasteiger partial charge in [-0.1, -0.05) is 30.7 Å². The number of H-pyrrole nitrogens is 1. The molecule has 100 valence electrons. The molecular formula is C18H23N. The quantitative estimate of drug-likeness (QED) is 0.715. The maximum atomic E-state index is 3.67. The van der Waals surface area contributed by atoms with Crippen molar-refractivity contribution in [2.75, 3.05) is 0 Å². The van der Waals surface area contributed by atoms with Crippen LogP contribution in [0.15, 0.2) is 29.8 Å². The molecule has 0 fully saturated rings. The molecule has 1 nitrogen and oxygen atoms in total. The van der Waals surface area contributed by atoms with Gasteiger partial charge < -0.3 is 4.98 Å². The summed E-state index contributed by atoms with van der Waals surface area (Å²) < 4.78 is 0. The van der Waals surface area contributed by atoms with E-state index in [1.807, 2.05) is 0 Å². The molecule has 1 aliphatic rings. The van der Waals surface area contributed by atoms with E-state index in [2.05, 4.69) is 50.0 Å². The highest BCUT2D eigenvalue weighted by Crippen LogP contribution is 2.35. The third-order valence-corrected chi connectivity index (χ3v) is 4.31. The molecule has 1 heterocycles. The number of nitrogens with one attached hydrogen (secondary N) is 1. The van der Waals surface area contributed by atoms with Crippen LogP contribution in [0.3, 0.4) is 0 Å². The van der Waals surface area contributed by atoms with Crippen molar-refractivity contribution < 1.29 is 0 Å². The fraction of sp³-hybridized carbons (Fsp3) is 0.444. The smallest absolute Gasteiger partial charge is 0.0461 e. The van der Waals surface area contributed by atoms with Crippen LogP contribution in [-0.4, -0.2) is 4.98 Å². The van der Waals surface area contributed by atoms with Gasteiger partial charge >= 0.3 is 0 Å². The molecule has 0 aliphatic heterocycles. The number of aryl methyl sites for hydroxylation is 1. The predicted octanol–water partition coefficient (Wildman–Crippen LogP) is 5.12. The van der Waals surface area contributed by atoms with Gasteiger partial charge in [0.1, 0.15) is 0 Å². The number of aromatic amines is 1. The van der Waals surface area contributed by atoms with Crippen molar-refractivity contribution in [1.82, 2.24) is 4.98 Å². The van der Waals surface area contributed by atoms with Crippen molar-refractivity contribution in [3.05, 3.63) is 46.7 Å². The van der Waals surface area contributed by atoms with Gasteiger partial charge in [-0.3, -0.25) is 0 Å². The molecule has 0 saturated heterocycles. The SMILES string of the molecule is CC(C)=CCc1ccc2c3c([nH]c2c1)C(C)CCC3. The standard InChI is InChI=1S/C18H23N/c1-12(2)7-8-14-9-10-15-16-6-4-5-13(3)18(16)19-17(15)11-14/h7,9-11,13,19H,4-6,8H2,1-3H3. The van der Waals surface area contributed by atoms with Gasteiger partial charge in [0.2, 0.25) is 0 Å². The van der Waals surface area contributed by atoms with Crippen LogP contribution >= 0.6 is 0 Å². The Labute approximate surface area is 115 Å². The number of aromatic nitrogens is 1. The number of fused-ring (bicyclic) bond motifs is 3. The molecule has 0 radical (unpaired) electrons. The van der Waals surface area contributed by atoms with Gasteiger partial charge in [-0.2, -0.15) is 0 Å². The normalized spacial score (nSPS) is 18.4. The molecule has 3 rings (SSSR count). The zero-order valence-corrected chi connectivity index (χ0v) is 12.2. The van der Waals surface area contributed by atoms with Crippen molar-refractivity contribution in [3.63, 3.8) is 0 Å². The minimum absolute atomic E-state index is 0.692. The zero-order valence-electron chi connectivity index (χ0n) is 12.2. The Morgan fingerprint density at radius 2 is 2.21 bits per heavy atom. The highest BCUT2D eigenvalue weighted by Gasteiger charge is 2.20. The van der Waals surface area contributed by atoms with E-state index in [9.17, 15) is 0 Å². The Bertz CT molecular complexity index is 626. The van der Waals surface area contributed by atoms with Gasteiger partial charge in [-0.25, -0.2) is 0 Å². The highest BCUT2D eigenvalue weighted by atomic mass is 14.7. The molecule has 1 atom stereocenters. The molecule has 1 N–H and O–H groups in total. The second-order valence-corrected chi connectivity index (χ2v) is 6.18. The zero-order chi connectivity index (χ0) is 13.4. The number of hydrogen-bond donors (Lipinski definition) is 1. The number of allylic oxidation sites excluding steroid dienone is 2. The van der Waals surface area contributed by atoms with Gasteiger partial charge in [-0.05, 0) is 62.6 Å². The van der Waals surface area contributed by atoms with E-state index in [-0.39, 0.29) is 0 Å². The van der Waals surface area contributed by atoms with Crippen LogP contribution in [0.2, 0.25) is 0 Å². The fourth-order valence-electron chi connectivity index (χ4n) is 3.19. The first-order chi connectivity index (χ1) is 9.15. The first kappa shape index (κ1) is 12.5. The third-order valence-electron chi connectivity index (χ3n) is 4.31. The molecule has 2 aromatic rings. The molecule has 19 heavy (non-hydrogen) atoms. The molecule has 0 saturated carbocycles. The van der Waals surface area contributed by atoms with Crippen molar-refractivity contribution in [3.8, 4) is 0 Å². The summed E-state index contributed by atoms with van der Waals surface area (Å²) in [5, 5.41) is 1.45. The maximum Gasteiger partial charge on any atom is 0.0461 e. The average molecular weight is 253 g/mol. The van der Waals surface area contributed by atoms with Crippen LogP contribution < -0.4 is 0 Å². The molecule has 0 amide bonds. The van der Waals surface area contributed by atoms with Crippen LogP contribution in [0.5, 0.6) is 0 Å². The van der Waals surface area contributed by atoms with E-state index < -0.39 is 0 Å². The Kier molecular flexibility index (Phi) is 3.22. The molecule has 1 aromatic carbocycles. The van der Waals surface area contributed by atoms with E-state index in [4.69, 9.17) is 0 Å². The van der Waals surface area contributed by atoms with E-state index in [0.717, 1.165) is 6.42 Å². The van der Waals surface area contributed by atoms with E-state index in [1.165, 1.54) is 47.0 Å². The van der Waals surface area contributed by atoms with Crippen LogP contribution in [0, 0.1) is 0 Å². The van der Waals surface area contributed by atoms with Crippen molar-refractivity contribution in [2.45, 2.75) is 52.4 Å². The van der Waals surface area contributed by atoms with Crippen molar-refractivity contribution in [1.29, 1.82) is 0 Å². The van der Waals surface area contributed by atoms with Crippen molar-refractivity contribution in [2.24, 2.45) is 0 Å². The number of rotatable bonds is 2. The van der Waals surface area contributed by atoms with Gasteiger partial charge in [0.15, 0.2) is 0 Å². The number of benzene rings is 1. The van der Waals surface area contributed by atoms with Crippen LogP contribution in [0.1, 0.15) is 56.4 Å². The third kappa shape index (κ3) is 2.34. The largest absolute Gasteiger partial charge is 0.358 e. The summed E-state index contributed by atoms with van der Waals surface area (Å²) in [5.74, 6) is 0.692. The first-order valence-corrected chi connectivity index (χ1v) is 7.42. The minimum Gasteiger partial charge on any atom is -0.358 e. The summed E-state index contributed by atoms with van der Waals surface area (Å²) in [6.45, 7) is 6.67. The summed E-state index contributed by atoms with van der Waals surface area (Å²) in [6, 6.07) is 6.94. The summed E-state index contributed by atoms with van der Waals surface area (Å²) in [6.07, 6.45) is 7.24. The lowest BCUT2D eigenvalue weighted by atomic mass is 9.88. The lowest BCUT2D eigenvalue weighted by Crippen LogP contribution is -2.05. The Hall–Kier alpha value is -1.50. The lowest BCUT2D eigenvalue weighted by molar-refractivity contribution is 0.582. The van der Waals surface area contributed by atoms with Crippen molar-refractivity contribution >= 4 is 10.9 Å². The summed E-state index contributed by atoms with van der Waals surface area (Å²) in [7, 11) is 0. The van der Waals surface area contributed by atoms with Gasteiger partial charge in [0.05, 0.1) is 0 Å². The molecule has 1 unspecified atom stereocenters. The summed E-state index contributed by atoms with van der Waals surface area (Å²) in [4.78, 5) is 3.67. The Morgan fingerprint density at radius 3 is 3.00 bits per heavy atom.